The minimum atomic E-state index is 0.0373. The lowest BCUT2D eigenvalue weighted by Crippen LogP contribution is -2.27. The lowest BCUT2D eigenvalue weighted by molar-refractivity contribution is 0.0950. The standard InChI is InChI=1S/C14H20N2O/c1-4-15-13-7-9(2)5-6-11(13)14(17)16-12-8-10(12)3/h5-7,10,12,15H,4,8H2,1-3H3,(H,16,17). The Hall–Kier alpha value is -1.51. The number of amides is 1. The van der Waals surface area contributed by atoms with Gasteiger partial charge >= 0.3 is 0 Å². The van der Waals surface area contributed by atoms with Crippen molar-refractivity contribution >= 4 is 11.6 Å². The Balaban J connectivity index is 2.15. The van der Waals surface area contributed by atoms with Gasteiger partial charge in [0.15, 0.2) is 0 Å². The third-order valence-corrected chi connectivity index (χ3v) is 3.21. The molecule has 3 heteroatoms. The van der Waals surface area contributed by atoms with E-state index < -0.39 is 0 Å². The second-order valence-electron chi connectivity index (χ2n) is 4.87. The van der Waals surface area contributed by atoms with E-state index in [1.165, 1.54) is 0 Å². The maximum atomic E-state index is 12.1. The van der Waals surface area contributed by atoms with Crippen molar-refractivity contribution in [2.75, 3.05) is 11.9 Å². The van der Waals surface area contributed by atoms with Crippen LogP contribution >= 0.6 is 0 Å². The van der Waals surface area contributed by atoms with E-state index >= 15 is 0 Å². The van der Waals surface area contributed by atoms with Gasteiger partial charge in [-0.3, -0.25) is 4.79 Å². The second-order valence-corrected chi connectivity index (χ2v) is 4.87. The lowest BCUT2D eigenvalue weighted by Gasteiger charge is -2.11. The molecule has 0 spiro atoms. The minimum Gasteiger partial charge on any atom is -0.385 e. The zero-order chi connectivity index (χ0) is 12.4. The molecular weight excluding hydrogens is 212 g/mol. The van der Waals surface area contributed by atoms with Crippen LogP contribution in [0.2, 0.25) is 0 Å². The van der Waals surface area contributed by atoms with Crippen LogP contribution in [0.1, 0.15) is 36.2 Å². The molecule has 0 aromatic heterocycles. The monoisotopic (exact) mass is 232 g/mol. The van der Waals surface area contributed by atoms with Gasteiger partial charge in [-0.1, -0.05) is 13.0 Å². The Labute approximate surface area is 103 Å². The van der Waals surface area contributed by atoms with Crippen LogP contribution < -0.4 is 10.6 Å². The molecular formula is C14H20N2O. The smallest absolute Gasteiger partial charge is 0.253 e. The van der Waals surface area contributed by atoms with Gasteiger partial charge in [-0.05, 0) is 43.9 Å². The zero-order valence-electron chi connectivity index (χ0n) is 10.7. The molecule has 1 aliphatic carbocycles. The first-order valence-electron chi connectivity index (χ1n) is 6.27. The Morgan fingerprint density at radius 3 is 2.76 bits per heavy atom. The normalized spacial score (nSPS) is 22.1. The minimum absolute atomic E-state index is 0.0373. The first kappa shape index (κ1) is 12.0. The predicted molar refractivity (Wildman–Crippen MR) is 70.4 cm³/mol. The molecule has 1 fully saturated rings. The molecule has 0 aliphatic heterocycles. The van der Waals surface area contributed by atoms with Crippen LogP contribution in [0.3, 0.4) is 0 Å². The maximum Gasteiger partial charge on any atom is 0.253 e. The fraction of sp³-hybridized carbons (Fsp3) is 0.500. The highest BCUT2D eigenvalue weighted by Gasteiger charge is 2.34. The predicted octanol–water partition coefficient (Wildman–Crippen LogP) is 2.57. The van der Waals surface area contributed by atoms with Crippen LogP contribution in [0.15, 0.2) is 18.2 Å². The van der Waals surface area contributed by atoms with Crippen molar-refractivity contribution in [2.45, 2.75) is 33.2 Å². The molecule has 1 aromatic rings. The summed E-state index contributed by atoms with van der Waals surface area (Å²) in [6.45, 7) is 7.05. The third-order valence-electron chi connectivity index (χ3n) is 3.21. The van der Waals surface area contributed by atoms with Gasteiger partial charge in [-0.15, -0.1) is 0 Å². The Kier molecular flexibility index (Phi) is 3.36. The van der Waals surface area contributed by atoms with Gasteiger partial charge in [0, 0.05) is 18.3 Å². The van der Waals surface area contributed by atoms with Gasteiger partial charge in [0.1, 0.15) is 0 Å². The summed E-state index contributed by atoms with van der Waals surface area (Å²) in [5.41, 5.74) is 2.84. The highest BCUT2D eigenvalue weighted by molar-refractivity contribution is 6.00. The van der Waals surface area contributed by atoms with E-state index in [1.807, 2.05) is 32.0 Å². The van der Waals surface area contributed by atoms with Crippen LogP contribution in [-0.2, 0) is 0 Å². The number of hydrogen-bond acceptors (Lipinski definition) is 2. The van der Waals surface area contributed by atoms with E-state index in [9.17, 15) is 4.79 Å². The highest BCUT2D eigenvalue weighted by atomic mass is 16.1. The average Bonchev–Trinajstić information content (AvgIpc) is 2.94. The molecule has 92 valence electrons. The molecule has 2 N–H and O–H groups in total. The first-order chi connectivity index (χ1) is 8.11. The average molecular weight is 232 g/mol. The van der Waals surface area contributed by atoms with E-state index in [4.69, 9.17) is 0 Å². The summed E-state index contributed by atoms with van der Waals surface area (Å²) in [6.07, 6.45) is 1.11. The van der Waals surface area contributed by atoms with Gasteiger partial charge in [0.05, 0.1) is 5.56 Å². The molecule has 3 nitrogen and oxygen atoms in total. The number of carbonyl (C=O) groups excluding carboxylic acids is 1. The molecule has 2 rings (SSSR count). The number of benzene rings is 1. The van der Waals surface area contributed by atoms with Crippen LogP contribution in [0.25, 0.3) is 0 Å². The van der Waals surface area contributed by atoms with Gasteiger partial charge in [-0.25, -0.2) is 0 Å². The quantitative estimate of drug-likeness (QED) is 0.837. The van der Waals surface area contributed by atoms with Crippen molar-refractivity contribution in [1.82, 2.24) is 5.32 Å². The third kappa shape index (κ3) is 2.78. The molecule has 1 saturated carbocycles. The summed E-state index contributed by atoms with van der Waals surface area (Å²) < 4.78 is 0. The largest absolute Gasteiger partial charge is 0.385 e. The second kappa shape index (κ2) is 4.78. The van der Waals surface area contributed by atoms with Crippen molar-refractivity contribution < 1.29 is 4.79 Å². The number of hydrogen-bond donors (Lipinski definition) is 2. The van der Waals surface area contributed by atoms with Crippen molar-refractivity contribution in [3.8, 4) is 0 Å². The van der Waals surface area contributed by atoms with Crippen LogP contribution in [0.5, 0.6) is 0 Å². The molecule has 2 atom stereocenters. The van der Waals surface area contributed by atoms with Crippen molar-refractivity contribution in [2.24, 2.45) is 5.92 Å². The van der Waals surface area contributed by atoms with Crippen LogP contribution in [0.4, 0.5) is 5.69 Å². The summed E-state index contributed by atoms with van der Waals surface area (Å²) >= 11 is 0. The fourth-order valence-electron chi connectivity index (χ4n) is 1.96. The summed E-state index contributed by atoms with van der Waals surface area (Å²) in [4.78, 5) is 12.1. The van der Waals surface area contributed by atoms with E-state index in [2.05, 4.69) is 17.6 Å². The molecule has 2 unspecified atom stereocenters. The maximum absolute atomic E-state index is 12.1. The van der Waals surface area contributed by atoms with Gasteiger partial charge in [-0.2, -0.15) is 0 Å². The van der Waals surface area contributed by atoms with E-state index in [1.54, 1.807) is 0 Å². The topological polar surface area (TPSA) is 41.1 Å². The number of anilines is 1. The van der Waals surface area contributed by atoms with Gasteiger partial charge in [0.2, 0.25) is 0 Å². The van der Waals surface area contributed by atoms with Crippen LogP contribution in [-0.4, -0.2) is 18.5 Å². The number of aryl methyl sites for hydroxylation is 1. The fourth-order valence-corrected chi connectivity index (χ4v) is 1.96. The summed E-state index contributed by atoms with van der Waals surface area (Å²) in [6, 6.07) is 6.27. The lowest BCUT2D eigenvalue weighted by atomic mass is 10.1. The first-order valence-corrected chi connectivity index (χ1v) is 6.27. The summed E-state index contributed by atoms with van der Waals surface area (Å²) in [7, 11) is 0. The SMILES string of the molecule is CCNc1cc(C)ccc1C(=O)NC1CC1C. The van der Waals surface area contributed by atoms with Crippen molar-refractivity contribution in [3.63, 3.8) is 0 Å². The van der Waals surface area contributed by atoms with Crippen LogP contribution in [0, 0.1) is 12.8 Å². The molecule has 0 radical (unpaired) electrons. The number of carbonyl (C=O) groups is 1. The van der Waals surface area contributed by atoms with E-state index in [0.717, 1.165) is 29.8 Å². The Morgan fingerprint density at radius 2 is 2.18 bits per heavy atom. The van der Waals surface area contributed by atoms with Crippen molar-refractivity contribution in [1.29, 1.82) is 0 Å². The highest BCUT2D eigenvalue weighted by Crippen LogP contribution is 2.29. The van der Waals surface area contributed by atoms with Gasteiger partial charge < -0.3 is 10.6 Å². The molecule has 0 bridgehead atoms. The number of rotatable bonds is 4. The molecule has 17 heavy (non-hydrogen) atoms. The molecule has 0 saturated heterocycles. The van der Waals surface area contributed by atoms with E-state index in [0.29, 0.717) is 12.0 Å². The summed E-state index contributed by atoms with van der Waals surface area (Å²) in [5, 5.41) is 6.30. The number of nitrogens with one attached hydrogen (secondary N) is 2. The molecule has 1 aromatic carbocycles. The van der Waals surface area contributed by atoms with E-state index in [-0.39, 0.29) is 5.91 Å². The molecule has 0 heterocycles. The Bertz CT molecular complexity index is 428. The van der Waals surface area contributed by atoms with Crippen molar-refractivity contribution in [3.05, 3.63) is 29.3 Å². The van der Waals surface area contributed by atoms with Gasteiger partial charge in [0.25, 0.3) is 5.91 Å². The molecule has 1 amide bonds. The molecule has 1 aliphatic rings. The zero-order valence-corrected chi connectivity index (χ0v) is 10.7. The Morgan fingerprint density at radius 1 is 1.47 bits per heavy atom. The summed E-state index contributed by atoms with van der Waals surface area (Å²) in [5.74, 6) is 0.669.